The Labute approximate surface area is 113 Å². The van der Waals surface area contributed by atoms with Crippen molar-refractivity contribution in [3.05, 3.63) is 45.5 Å². The fourth-order valence-corrected chi connectivity index (χ4v) is 2.04. The highest BCUT2D eigenvalue weighted by Crippen LogP contribution is 2.33. The van der Waals surface area contributed by atoms with Crippen molar-refractivity contribution in [3.63, 3.8) is 0 Å². The van der Waals surface area contributed by atoms with Gasteiger partial charge in [0.25, 0.3) is 0 Å². The van der Waals surface area contributed by atoms with Gasteiger partial charge in [0.1, 0.15) is 0 Å². The second kappa shape index (κ2) is 4.94. The lowest BCUT2D eigenvalue weighted by molar-refractivity contribution is 0.461. The van der Waals surface area contributed by atoms with Gasteiger partial charge >= 0.3 is 0 Å². The van der Waals surface area contributed by atoms with Gasteiger partial charge in [-0.05, 0) is 40.5 Å². The van der Waals surface area contributed by atoms with E-state index >= 15 is 0 Å². The molecule has 0 aliphatic heterocycles. The Bertz CT molecular complexity index is 560. The fourth-order valence-electron chi connectivity index (χ4n) is 1.32. The normalized spacial score (nSPS) is 10.3. The molecule has 2 N–H and O–H groups in total. The predicted octanol–water partition coefficient (Wildman–Crippen LogP) is 4.18. The molecule has 88 valence electrons. The second-order valence-electron chi connectivity index (χ2n) is 3.53. The zero-order valence-corrected chi connectivity index (χ0v) is 11.4. The third kappa shape index (κ3) is 2.70. The van der Waals surface area contributed by atoms with Crippen LogP contribution in [-0.4, -0.2) is 4.98 Å². The number of nitrogens with two attached hydrogens (primary N) is 1. The van der Waals surface area contributed by atoms with E-state index < -0.39 is 0 Å². The second-order valence-corrected chi connectivity index (χ2v) is 4.82. The lowest BCUT2D eigenvalue weighted by Gasteiger charge is -2.10. The van der Waals surface area contributed by atoms with Crippen LogP contribution in [0.25, 0.3) is 0 Å². The molecule has 0 bridgehead atoms. The molecule has 1 heterocycles. The van der Waals surface area contributed by atoms with Gasteiger partial charge in [-0.2, -0.15) is 0 Å². The summed E-state index contributed by atoms with van der Waals surface area (Å²) >= 11 is 9.14. The van der Waals surface area contributed by atoms with Crippen LogP contribution in [0.5, 0.6) is 11.6 Å². The van der Waals surface area contributed by atoms with E-state index in [1.54, 1.807) is 12.1 Å². The molecule has 5 heteroatoms. The maximum absolute atomic E-state index is 5.92. The summed E-state index contributed by atoms with van der Waals surface area (Å²) in [5.41, 5.74) is 7.49. The summed E-state index contributed by atoms with van der Waals surface area (Å²) in [6, 6.07) is 7.32. The van der Waals surface area contributed by atoms with Crippen LogP contribution in [0, 0.1) is 6.92 Å². The Kier molecular flexibility index (Phi) is 3.54. The lowest BCUT2D eigenvalue weighted by atomic mass is 10.2. The molecular formula is C12H10BrClN2O. The van der Waals surface area contributed by atoms with Gasteiger partial charge in [0.2, 0.25) is 5.88 Å². The number of para-hydroxylation sites is 1. The van der Waals surface area contributed by atoms with Gasteiger partial charge in [-0.15, -0.1) is 0 Å². The Balaban J connectivity index is 2.35. The summed E-state index contributed by atoms with van der Waals surface area (Å²) in [5, 5.41) is 0.543. The van der Waals surface area contributed by atoms with Crippen molar-refractivity contribution in [2.45, 2.75) is 6.92 Å². The van der Waals surface area contributed by atoms with Crippen LogP contribution in [0.15, 0.2) is 34.9 Å². The van der Waals surface area contributed by atoms with Crippen molar-refractivity contribution < 1.29 is 4.74 Å². The topological polar surface area (TPSA) is 48.1 Å². The highest BCUT2D eigenvalue weighted by Gasteiger charge is 2.08. The molecule has 3 nitrogen and oxygen atoms in total. The summed E-state index contributed by atoms with van der Waals surface area (Å²) in [6.07, 6.45) is 1.52. The first-order valence-corrected chi connectivity index (χ1v) is 6.09. The van der Waals surface area contributed by atoms with Gasteiger partial charge in [0, 0.05) is 6.20 Å². The third-order valence-electron chi connectivity index (χ3n) is 2.26. The number of benzene rings is 1. The van der Waals surface area contributed by atoms with E-state index in [9.17, 15) is 0 Å². The average molecular weight is 314 g/mol. The molecule has 1 aromatic carbocycles. The maximum atomic E-state index is 5.92. The van der Waals surface area contributed by atoms with Crippen molar-refractivity contribution in [1.29, 1.82) is 0 Å². The highest BCUT2D eigenvalue weighted by molar-refractivity contribution is 9.10. The van der Waals surface area contributed by atoms with Crippen molar-refractivity contribution in [1.82, 2.24) is 4.98 Å². The van der Waals surface area contributed by atoms with Gasteiger partial charge in [-0.3, -0.25) is 0 Å². The summed E-state index contributed by atoms with van der Waals surface area (Å²) in [4.78, 5) is 4.09. The molecule has 1 aromatic heterocycles. The number of nitrogens with zero attached hydrogens (tertiary/aromatic N) is 1. The molecule has 17 heavy (non-hydrogen) atoms. The number of hydrogen-bond acceptors (Lipinski definition) is 3. The largest absolute Gasteiger partial charge is 0.436 e. The van der Waals surface area contributed by atoms with Gasteiger partial charge in [-0.1, -0.05) is 23.7 Å². The molecule has 0 saturated carbocycles. The molecule has 0 aliphatic rings. The van der Waals surface area contributed by atoms with Crippen molar-refractivity contribution in [2.75, 3.05) is 5.73 Å². The number of nitrogen functional groups attached to an aromatic ring is 1. The number of halogens is 2. The minimum atomic E-state index is 0.437. The van der Waals surface area contributed by atoms with Crippen molar-refractivity contribution in [2.24, 2.45) is 0 Å². The van der Waals surface area contributed by atoms with Crippen LogP contribution in [0.2, 0.25) is 5.02 Å². The number of hydrogen-bond donors (Lipinski definition) is 1. The van der Waals surface area contributed by atoms with Gasteiger partial charge < -0.3 is 10.5 Å². The van der Waals surface area contributed by atoms with Crippen molar-refractivity contribution in [3.8, 4) is 11.6 Å². The van der Waals surface area contributed by atoms with E-state index in [0.29, 0.717) is 26.8 Å². The summed E-state index contributed by atoms with van der Waals surface area (Å²) in [6.45, 7) is 1.92. The summed E-state index contributed by atoms with van der Waals surface area (Å²) < 4.78 is 6.32. The van der Waals surface area contributed by atoms with E-state index in [4.69, 9.17) is 22.1 Å². The number of pyridine rings is 1. The number of aryl methyl sites for hydroxylation is 1. The smallest absolute Gasteiger partial charge is 0.233 e. The SMILES string of the molecule is Cc1cccc(Oc2ncc(Cl)cc2Br)c1N. The lowest BCUT2D eigenvalue weighted by Crippen LogP contribution is -1.96. The zero-order valence-electron chi connectivity index (χ0n) is 9.08. The highest BCUT2D eigenvalue weighted by atomic mass is 79.9. The molecule has 0 atom stereocenters. The van der Waals surface area contributed by atoms with Crippen molar-refractivity contribution >= 4 is 33.2 Å². The molecule has 0 saturated heterocycles. The molecule has 2 aromatic rings. The van der Waals surface area contributed by atoms with Crippen LogP contribution in [0.1, 0.15) is 5.56 Å². The number of ether oxygens (including phenoxy) is 1. The average Bonchev–Trinajstić information content (AvgIpc) is 2.28. The predicted molar refractivity (Wildman–Crippen MR) is 72.6 cm³/mol. The molecule has 2 rings (SSSR count). The minimum absolute atomic E-state index is 0.437. The molecule has 0 spiro atoms. The van der Waals surface area contributed by atoms with Crippen LogP contribution < -0.4 is 10.5 Å². The van der Waals surface area contributed by atoms with Crippen LogP contribution in [0.3, 0.4) is 0 Å². The van der Waals surface area contributed by atoms with Gasteiger partial charge in [0.15, 0.2) is 5.75 Å². The zero-order chi connectivity index (χ0) is 12.4. The monoisotopic (exact) mass is 312 g/mol. The van der Waals surface area contributed by atoms with Gasteiger partial charge in [0.05, 0.1) is 15.2 Å². The van der Waals surface area contributed by atoms with Crippen LogP contribution in [-0.2, 0) is 0 Å². The van der Waals surface area contributed by atoms with E-state index in [2.05, 4.69) is 20.9 Å². The molecular weight excluding hydrogens is 304 g/mol. The Morgan fingerprint density at radius 1 is 1.41 bits per heavy atom. The quantitative estimate of drug-likeness (QED) is 0.846. The first-order chi connectivity index (χ1) is 8.08. The van der Waals surface area contributed by atoms with Crippen LogP contribution >= 0.6 is 27.5 Å². The van der Waals surface area contributed by atoms with E-state index in [0.717, 1.165) is 5.56 Å². The molecule has 0 radical (unpaired) electrons. The first kappa shape index (κ1) is 12.2. The van der Waals surface area contributed by atoms with Crippen LogP contribution in [0.4, 0.5) is 5.69 Å². The van der Waals surface area contributed by atoms with Gasteiger partial charge in [-0.25, -0.2) is 4.98 Å². The maximum Gasteiger partial charge on any atom is 0.233 e. The molecule has 0 aliphatic carbocycles. The summed E-state index contributed by atoms with van der Waals surface area (Å²) in [5.74, 6) is 1.02. The van der Waals surface area contributed by atoms with E-state index in [1.165, 1.54) is 6.20 Å². The Morgan fingerprint density at radius 3 is 2.88 bits per heavy atom. The minimum Gasteiger partial charge on any atom is -0.436 e. The Morgan fingerprint density at radius 2 is 2.18 bits per heavy atom. The molecule has 0 amide bonds. The third-order valence-corrected chi connectivity index (χ3v) is 3.04. The first-order valence-electron chi connectivity index (χ1n) is 4.92. The number of aromatic nitrogens is 1. The number of rotatable bonds is 2. The van der Waals surface area contributed by atoms with E-state index in [1.807, 2.05) is 19.1 Å². The standard InChI is InChI=1S/C12H10BrClN2O/c1-7-3-2-4-10(11(7)15)17-12-9(13)5-8(14)6-16-12/h2-6H,15H2,1H3. The number of anilines is 1. The molecule has 0 fully saturated rings. The summed E-state index contributed by atoms with van der Waals surface area (Å²) in [7, 11) is 0. The molecule has 0 unspecified atom stereocenters. The van der Waals surface area contributed by atoms with E-state index in [-0.39, 0.29) is 0 Å². The fraction of sp³-hybridized carbons (Fsp3) is 0.0833. The Hall–Kier alpha value is -1.26.